The molecule has 1 saturated heterocycles. The summed E-state index contributed by atoms with van der Waals surface area (Å²) in [7, 11) is 5.54. The third-order valence-electron chi connectivity index (χ3n) is 8.01. The van der Waals surface area contributed by atoms with Gasteiger partial charge < -0.3 is 15.1 Å². The summed E-state index contributed by atoms with van der Waals surface area (Å²) in [6.07, 6.45) is 1.45. The van der Waals surface area contributed by atoms with E-state index >= 15 is 0 Å². The molecule has 2 N–H and O–H groups in total. The average molecular weight is 583 g/mol. The third kappa shape index (κ3) is 6.24. The van der Waals surface area contributed by atoms with Crippen LogP contribution < -0.4 is 20.8 Å². The molecule has 0 unspecified atom stereocenters. The Kier molecular flexibility index (Phi) is 8.20. The molecule has 0 bridgehead atoms. The molecule has 9 nitrogen and oxygen atoms in total. The average Bonchev–Trinajstić information content (AvgIpc) is 3.69. The Morgan fingerprint density at radius 3 is 2.50 bits per heavy atom. The van der Waals surface area contributed by atoms with Crippen LogP contribution in [0.3, 0.4) is 0 Å². The van der Waals surface area contributed by atoms with Gasteiger partial charge in [-0.15, -0.1) is 5.53 Å². The number of nitrogens with zero attached hydrogens (tertiary/aromatic N) is 6. The molecular formula is C30H37F3N8O. The van der Waals surface area contributed by atoms with E-state index in [4.69, 9.17) is 0 Å². The first kappa shape index (κ1) is 29.5. The van der Waals surface area contributed by atoms with Crippen LogP contribution in [0, 0.1) is 13.8 Å². The number of likely N-dealkylation sites (tertiary alicyclic amines) is 1. The van der Waals surface area contributed by atoms with Crippen molar-refractivity contribution in [1.82, 2.24) is 25.2 Å². The summed E-state index contributed by atoms with van der Waals surface area (Å²) in [6, 6.07) is 8.92. The second-order valence-electron chi connectivity index (χ2n) is 11.0. The van der Waals surface area contributed by atoms with Crippen molar-refractivity contribution >= 4 is 28.7 Å². The van der Waals surface area contributed by atoms with E-state index in [2.05, 4.69) is 20.9 Å². The number of aromatic nitrogens is 2. The lowest BCUT2D eigenvalue weighted by Gasteiger charge is -2.24. The van der Waals surface area contributed by atoms with E-state index in [9.17, 15) is 18.0 Å². The summed E-state index contributed by atoms with van der Waals surface area (Å²) in [5, 5.41) is 10.8. The topological polar surface area (TPSA) is 71.9 Å². The van der Waals surface area contributed by atoms with Crippen LogP contribution in [0.2, 0.25) is 0 Å². The molecule has 1 fully saturated rings. The number of likely N-dealkylation sites (N-methyl/N-ethyl adjacent to an activating group) is 1. The minimum absolute atomic E-state index is 0.0526. The van der Waals surface area contributed by atoms with Crippen molar-refractivity contribution in [2.45, 2.75) is 32.9 Å². The van der Waals surface area contributed by atoms with Gasteiger partial charge >= 0.3 is 6.18 Å². The summed E-state index contributed by atoms with van der Waals surface area (Å²) in [5.41, 5.74) is 7.81. The van der Waals surface area contributed by atoms with Crippen LogP contribution in [0.1, 0.15) is 45.6 Å². The third-order valence-corrected chi connectivity index (χ3v) is 8.01. The van der Waals surface area contributed by atoms with Gasteiger partial charge in [0.25, 0.3) is 5.91 Å². The molecule has 1 aromatic heterocycles. The molecule has 12 heteroatoms. The van der Waals surface area contributed by atoms with Gasteiger partial charge in [0.05, 0.1) is 23.1 Å². The summed E-state index contributed by atoms with van der Waals surface area (Å²) in [6.45, 7) is 7.27. The second-order valence-corrected chi connectivity index (χ2v) is 11.0. The number of rotatable bonds is 8. The van der Waals surface area contributed by atoms with E-state index in [0.29, 0.717) is 17.9 Å². The van der Waals surface area contributed by atoms with E-state index in [0.717, 1.165) is 72.8 Å². The molecule has 2 aromatic carbocycles. The normalized spacial score (nSPS) is 15.9. The molecule has 2 aliphatic heterocycles. The van der Waals surface area contributed by atoms with Gasteiger partial charge in [0.2, 0.25) is 0 Å². The SMILES string of the molecule is Cc1ccc(NC(=O)c2cc(N(C)CCN3CCCC3)cc(C(F)(F)F)c2)cc1N1C=C(c2cnn(C)c2C)N(C)N1. The number of hydrazine groups is 2. The first-order valence-electron chi connectivity index (χ1n) is 14.0. The number of carbonyl (C=O) groups is 1. The number of anilines is 3. The van der Waals surface area contributed by atoms with Crippen LogP contribution in [0.4, 0.5) is 30.2 Å². The van der Waals surface area contributed by atoms with Crippen LogP contribution >= 0.6 is 0 Å². The highest BCUT2D eigenvalue weighted by Gasteiger charge is 2.32. The number of alkyl halides is 3. The van der Waals surface area contributed by atoms with E-state index in [1.54, 1.807) is 35.0 Å². The molecule has 0 saturated carbocycles. The molecule has 0 aliphatic carbocycles. The number of aryl methyl sites for hydroxylation is 2. The summed E-state index contributed by atoms with van der Waals surface area (Å²) < 4.78 is 43.3. The maximum atomic E-state index is 13.8. The zero-order valence-electron chi connectivity index (χ0n) is 24.6. The fraction of sp³-hybridized carbons (Fsp3) is 0.400. The molecule has 0 spiro atoms. The highest BCUT2D eigenvalue weighted by atomic mass is 19.4. The summed E-state index contributed by atoms with van der Waals surface area (Å²) in [4.78, 5) is 17.4. The number of hydrogen-bond donors (Lipinski definition) is 2. The van der Waals surface area contributed by atoms with Crippen molar-refractivity contribution in [2.75, 3.05) is 55.5 Å². The largest absolute Gasteiger partial charge is 0.416 e. The van der Waals surface area contributed by atoms with Crippen LogP contribution in [0.5, 0.6) is 0 Å². The molecule has 1 amide bonds. The maximum absolute atomic E-state index is 13.8. The van der Waals surface area contributed by atoms with Gasteiger partial charge in [-0.25, -0.2) is 0 Å². The standard InChI is InChI=1S/C30H37F3N8O/c1-20-8-9-24(17-27(20)41-19-28(39(5)36-41)26-18-34-38(4)21(26)2)35-29(42)22-14-23(30(31,32)33)16-25(15-22)37(3)12-13-40-10-6-7-11-40/h8-9,14-19,36H,6-7,10-13H2,1-5H3,(H,35,42). The van der Waals surface area contributed by atoms with Crippen LogP contribution in [0.25, 0.3) is 5.70 Å². The van der Waals surface area contributed by atoms with Crippen molar-refractivity contribution in [3.8, 4) is 0 Å². The molecular weight excluding hydrogens is 545 g/mol. The van der Waals surface area contributed by atoms with Gasteiger partial charge in [0, 0.05) is 68.6 Å². The quantitative estimate of drug-likeness (QED) is 0.387. The minimum atomic E-state index is -4.58. The molecule has 3 heterocycles. The number of carbonyl (C=O) groups excluding carboxylic acids is 1. The Bertz CT molecular complexity index is 1490. The van der Waals surface area contributed by atoms with Crippen molar-refractivity contribution in [3.05, 3.63) is 76.7 Å². The lowest BCUT2D eigenvalue weighted by molar-refractivity contribution is -0.137. The zero-order chi connectivity index (χ0) is 30.2. The highest BCUT2D eigenvalue weighted by Crippen LogP contribution is 2.34. The van der Waals surface area contributed by atoms with E-state index < -0.39 is 17.6 Å². The molecule has 5 rings (SSSR count). The Hall–Kier alpha value is -4.03. The molecule has 42 heavy (non-hydrogen) atoms. The van der Waals surface area contributed by atoms with Crippen molar-refractivity contribution < 1.29 is 18.0 Å². The monoisotopic (exact) mass is 582 g/mol. The number of benzene rings is 2. The fourth-order valence-corrected chi connectivity index (χ4v) is 5.28. The predicted octanol–water partition coefficient (Wildman–Crippen LogP) is 5.01. The van der Waals surface area contributed by atoms with Crippen molar-refractivity contribution in [2.24, 2.45) is 7.05 Å². The van der Waals surface area contributed by atoms with Crippen LogP contribution in [-0.2, 0) is 13.2 Å². The van der Waals surface area contributed by atoms with E-state index in [-0.39, 0.29) is 5.56 Å². The van der Waals surface area contributed by atoms with Gasteiger partial charge in [-0.2, -0.15) is 18.3 Å². The van der Waals surface area contributed by atoms with Gasteiger partial charge in [-0.1, -0.05) is 6.07 Å². The number of amides is 1. The number of halogens is 3. The number of nitrogens with one attached hydrogen (secondary N) is 2. The first-order valence-corrected chi connectivity index (χ1v) is 14.0. The van der Waals surface area contributed by atoms with Gasteiger partial charge in [-0.3, -0.25) is 19.5 Å². The van der Waals surface area contributed by atoms with Crippen molar-refractivity contribution in [1.29, 1.82) is 0 Å². The Balaban J connectivity index is 1.37. The predicted molar refractivity (Wildman–Crippen MR) is 159 cm³/mol. The smallest absolute Gasteiger partial charge is 0.373 e. The zero-order valence-corrected chi connectivity index (χ0v) is 24.6. The first-order chi connectivity index (χ1) is 19.9. The van der Waals surface area contributed by atoms with E-state index in [1.165, 1.54) is 6.07 Å². The molecule has 3 aromatic rings. The number of hydrogen-bond acceptors (Lipinski definition) is 7. The maximum Gasteiger partial charge on any atom is 0.416 e. The van der Waals surface area contributed by atoms with Gasteiger partial charge in [0.15, 0.2) is 0 Å². The fourth-order valence-electron chi connectivity index (χ4n) is 5.28. The summed E-state index contributed by atoms with van der Waals surface area (Å²) in [5.74, 6) is -0.612. The van der Waals surface area contributed by atoms with Crippen LogP contribution in [-0.4, -0.2) is 65.9 Å². The Morgan fingerprint density at radius 1 is 1.10 bits per heavy atom. The van der Waals surface area contributed by atoms with Gasteiger partial charge in [-0.05, 0) is 75.7 Å². The van der Waals surface area contributed by atoms with Crippen molar-refractivity contribution in [3.63, 3.8) is 0 Å². The molecule has 2 aliphatic rings. The molecule has 0 atom stereocenters. The summed E-state index contributed by atoms with van der Waals surface area (Å²) >= 11 is 0. The van der Waals surface area contributed by atoms with Crippen LogP contribution in [0.15, 0.2) is 48.8 Å². The molecule has 0 radical (unpaired) electrons. The highest BCUT2D eigenvalue weighted by molar-refractivity contribution is 6.05. The lowest BCUT2D eigenvalue weighted by Crippen LogP contribution is -2.38. The Morgan fingerprint density at radius 2 is 1.83 bits per heavy atom. The Labute approximate surface area is 244 Å². The van der Waals surface area contributed by atoms with Gasteiger partial charge in [0.1, 0.15) is 0 Å². The second kappa shape index (κ2) is 11.7. The minimum Gasteiger partial charge on any atom is -0.373 e. The van der Waals surface area contributed by atoms with E-state index in [1.807, 2.05) is 50.2 Å². The molecule has 224 valence electrons. The lowest BCUT2D eigenvalue weighted by atomic mass is 10.1.